The molecule has 1 aliphatic rings. The molecule has 2 aromatic rings. The lowest BCUT2D eigenvalue weighted by Gasteiger charge is -2.17. The fourth-order valence-corrected chi connectivity index (χ4v) is 2.65. The predicted octanol–water partition coefficient (Wildman–Crippen LogP) is 1.03. The zero-order valence-electron chi connectivity index (χ0n) is 13.0. The number of nitro groups is 1. The normalized spacial score (nSPS) is 21.4. The Morgan fingerprint density at radius 1 is 1.50 bits per heavy atom. The van der Waals surface area contributed by atoms with Crippen LogP contribution in [0, 0.1) is 10.1 Å². The van der Waals surface area contributed by atoms with Crippen LogP contribution < -0.4 is 16.2 Å². The first-order valence-electron chi connectivity index (χ1n) is 7.58. The topological polar surface area (TPSA) is 114 Å². The van der Waals surface area contributed by atoms with Gasteiger partial charge in [0.05, 0.1) is 17.4 Å². The summed E-state index contributed by atoms with van der Waals surface area (Å²) in [5.41, 5.74) is 6.92. The summed E-state index contributed by atoms with van der Waals surface area (Å²) in [5, 5.41) is 13.8. The molecule has 0 radical (unpaired) electrons. The Kier molecular flexibility index (Phi) is 4.54. The number of aromatic nitrogens is 2. The Morgan fingerprint density at radius 2 is 2.33 bits per heavy atom. The number of nitro benzene ring substituents is 1. The number of rotatable bonds is 5. The molecule has 1 saturated heterocycles. The van der Waals surface area contributed by atoms with Gasteiger partial charge in [-0.05, 0) is 12.5 Å². The van der Waals surface area contributed by atoms with Gasteiger partial charge in [0.15, 0.2) is 0 Å². The van der Waals surface area contributed by atoms with E-state index in [1.807, 2.05) is 6.07 Å². The molecule has 24 heavy (non-hydrogen) atoms. The quantitative estimate of drug-likeness (QED) is 0.557. The molecule has 0 bridgehead atoms. The Morgan fingerprint density at radius 3 is 3.04 bits per heavy atom. The van der Waals surface area contributed by atoms with Gasteiger partial charge in [0.1, 0.15) is 6.04 Å². The molecule has 1 fully saturated rings. The standard InChI is InChI=1S/C15H18N6O3/c1-10(20-6-5-16-9-20)15(22)17-14-8-13(18-19-14)11-3-2-4-12(7-11)21(23)24/h2-7,9-10,13-14,18-19H,8H2,1H3,(H,17,22). The van der Waals surface area contributed by atoms with E-state index in [9.17, 15) is 14.9 Å². The van der Waals surface area contributed by atoms with E-state index in [2.05, 4.69) is 21.2 Å². The van der Waals surface area contributed by atoms with Gasteiger partial charge in [-0.1, -0.05) is 12.1 Å². The Labute approximate surface area is 138 Å². The van der Waals surface area contributed by atoms with Gasteiger partial charge in [-0.15, -0.1) is 0 Å². The maximum Gasteiger partial charge on any atom is 0.269 e. The molecular formula is C15H18N6O3. The highest BCUT2D eigenvalue weighted by Gasteiger charge is 2.28. The van der Waals surface area contributed by atoms with Crippen molar-refractivity contribution in [1.29, 1.82) is 0 Å². The van der Waals surface area contributed by atoms with Crippen molar-refractivity contribution in [2.24, 2.45) is 0 Å². The van der Waals surface area contributed by atoms with E-state index in [0.29, 0.717) is 6.42 Å². The summed E-state index contributed by atoms with van der Waals surface area (Å²) in [4.78, 5) is 26.7. The summed E-state index contributed by atoms with van der Waals surface area (Å²) in [6.45, 7) is 1.79. The van der Waals surface area contributed by atoms with Crippen LogP contribution in [-0.2, 0) is 4.79 Å². The van der Waals surface area contributed by atoms with E-state index in [1.54, 1.807) is 36.3 Å². The van der Waals surface area contributed by atoms with Crippen molar-refractivity contribution in [3.05, 3.63) is 58.7 Å². The van der Waals surface area contributed by atoms with E-state index in [4.69, 9.17) is 0 Å². The molecule has 0 aliphatic carbocycles. The molecule has 9 heteroatoms. The molecule has 1 aromatic carbocycles. The summed E-state index contributed by atoms with van der Waals surface area (Å²) in [7, 11) is 0. The smallest absolute Gasteiger partial charge is 0.269 e. The van der Waals surface area contributed by atoms with E-state index in [-0.39, 0.29) is 29.8 Å². The van der Waals surface area contributed by atoms with Gasteiger partial charge >= 0.3 is 0 Å². The van der Waals surface area contributed by atoms with E-state index < -0.39 is 4.92 Å². The van der Waals surface area contributed by atoms with E-state index in [0.717, 1.165) is 5.56 Å². The van der Waals surface area contributed by atoms with Crippen molar-refractivity contribution in [2.75, 3.05) is 0 Å². The second-order valence-electron chi connectivity index (χ2n) is 5.68. The SMILES string of the molecule is CC(C(=O)NC1CC(c2cccc([N+](=O)[O-])c2)NN1)n1ccnc1. The van der Waals surface area contributed by atoms with Gasteiger partial charge in [0.25, 0.3) is 5.69 Å². The first kappa shape index (κ1) is 16.1. The lowest BCUT2D eigenvalue weighted by molar-refractivity contribution is -0.384. The van der Waals surface area contributed by atoms with Crippen LogP contribution >= 0.6 is 0 Å². The molecule has 3 rings (SSSR count). The molecule has 1 aliphatic heterocycles. The molecule has 1 aromatic heterocycles. The minimum Gasteiger partial charge on any atom is -0.338 e. The molecule has 9 nitrogen and oxygen atoms in total. The Balaban J connectivity index is 1.60. The highest BCUT2D eigenvalue weighted by molar-refractivity contribution is 5.80. The average molecular weight is 330 g/mol. The van der Waals surface area contributed by atoms with Gasteiger partial charge in [-0.2, -0.15) is 0 Å². The second-order valence-corrected chi connectivity index (χ2v) is 5.68. The van der Waals surface area contributed by atoms with Crippen molar-refractivity contribution in [2.45, 2.75) is 31.6 Å². The molecule has 3 unspecified atom stereocenters. The van der Waals surface area contributed by atoms with Crippen LogP contribution in [0.5, 0.6) is 0 Å². The molecule has 2 heterocycles. The monoisotopic (exact) mass is 330 g/mol. The van der Waals surface area contributed by atoms with Crippen LogP contribution in [0.4, 0.5) is 5.69 Å². The number of carbonyl (C=O) groups is 1. The summed E-state index contributed by atoms with van der Waals surface area (Å²) in [5.74, 6) is -0.132. The number of hydrazine groups is 1. The van der Waals surface area contributed by atoms with Crippen LogP contribution in [-0.4, -0.2) is 26.5 Å². The first-order chi connectivity index (χ1) is 11.5. The third kappa shape index (κ3) is 3.42. The van der Waals surface area contributed by atoms with E-state index >= 15 is 0 Å². The van der Waals surface area contributed by atoms with Gasteiger partial charge < -0.3 is 9.88 Å². The van der Waals surface area contributed by atoms with Crippen LogP contribution in [0.15, 0.2) is 43.0 Å². The predicted molar refractivity (Wildman–Crippen MR) is 85.6 cm³/mol. The lowest BCUT2D eigenvalue weighted by atomic mass is 10.0. The second kappa shape index (κ2) is 6.77. The lowest BCUT2D eigenvalue weighted by Crippen LogP contribution is -2.46. The molecule has 0 spiro atoms. The molecule has 3 atom stereocenters. The van der Waals surface area contributed by atoms with Gasteiger partial charge in [-0.3, -0.25) is 14.9 Å². The van der Waals surface area contributed by atoms with Crippen LogP contribution in [0.25, 0.3) is 0 Å². The third-order valence-corrected chi connectivity index (χ3v) is 4.05. The number of imidazole rings is 1. The zero-order valence-corrected chi connectivity index (χ0v) is 13.0. The van der Waals surface area contributed by atoms with Crippen molar-refractivity contribution >= 4 is 11.6 Å². The molecule has 3 N–H and O–H groups in total. The van der Waals surface area contributed by atoms with Crippen molar-refractivity contribution in [1.82, 2.24) is 25.7 Å². The number of nitrogens with zero attached hydrogens (tertiary/aromatic N) is 3. The fourth-order valence-electron chi connectivity index (χ4n) is 2.65. The highest BCUT2D eigenvalue weighted by Crippen LogP contribution is 2.24. The minimum absolute atomic E-state index is 0.0514. The summed E-state index contributed by atoms with van der Waals surface area (Å²) < 4.78 is 1.72. The number of carbonyl (C=O) groups excluding carboxylic acids is 1. The number of non-ortho nitro benzene ring substituents is 1. The largest absolute Gasteiger partial charge is 0.338 e. The van der Waals surface area contributed by atoms with E-state index in [1.165, 1.54) is 12.1 Å². The number of amides is 1. The third-order valence-electron chi connectivity index (χ3n) is 4.05. The number of hydrogen-bond donors (Lipinski definition) is 3. The summed E-state index contributed by atoms with van der Waals surface area (Å²) in [6, 6.07) is 5.99. The van der Waals surface area contributed by atoms with Gasteiger partial charge in [0, 0.05) is 37.0 Å². The maximum absolute atomic E-state index is 12.3. The van der Waals surface area contributed by atoms with Crippen LogP contribution in [0.1, 0.15) is 31.0 Å². The van der Waals surface area contributed by atoms with Crippen LogP contribution in [0.2, 0.25) is 0 Å². The Bertz CT molecular complexity index is 733. The highest BCUT2D eigenvalue weighted by atomic mass is 16.6. The average Bonchev–Trinajstić information content (AvgIpc) is 3.26. The van der Waals surface area contributed by atoms with Gasteiger partial charge in [0.2, 0.25) is 5.91 Å². The summed E-state index contributed by atoms with van der Waals surface area (Å²) >= 11 is 0. The maximum atomic E-state index is 12.3. The number of nitrogens with one attached hydrogen (secondary N) is 3. The zero-order chi connectivity index (χ0) is 17.1. The number of benzene rings is 1. The minimum atomic E-state index is -0.419. The van der Waals surface area contributed by atoms with Crippen molar-refractivity contribution in [3.63, 3.8) is 0 Å². The summed E-state index contributed by atoms with van der Waals surface area (Å²) in [6.07, 6.45) is 5.28. The molecule has 0 saturated carbocycles. The first-order valence-corrected chi connectivity index (χ1v) is 7.58. The van der Waals surface area contributed by atoms with Gasteiger partial charge in [-0.25, -0.2) is 15.8 Å². The van der Waals surface area contributed by atoms with Crippen molar-refractivity contribution in [3.8, 4) is 0 Å². The van der Waals surface area contributed by atoms with Crippen molar-refractivity contribution < 1.29 is 9.72 Å². The van der Waals surface area contributed by atoms with Crippen LogP contribution in [0.3, 0.4) is 0 Å². The molecular weight excluding hydrogens is 312 g/mol. The number of hydrogen-bond acceptors (Lipinski definition) is 6. The fraction of sp³-hybridized carbons (Fsp3) is 0.333. The molecule has 126 valence electrons. The molecule has 1 amide bonds. The Hall–Kier alpha value is -2.78.